The molecule has 0 aliphatic heterocycles. The van der Waals surface area contributed by atoms with E-state index < -0.39 is 5.82 Å². The van der Waals surface area contributed by atoms with Gasteiger partial charge in [-0.2, -0.15) is 0 Å². The summed E-state index contributed by atoms with van der Waals surface area (Å²) >= 11 is 1.73. The lowest BCUT2D eigenvalue weighted by atomic mass is 9.83. The van der Waals surface area contributed by atoms with Crippen molar-refractivity contribution >= 4 is 31.5 Å². The van der Waals surface area contributed by atoms with E-state index in [2.05, 4.69) is 39.7 Å². The van der Waals surface area contributed by atoms with E-state index >= 15 is 8.78 Å². The van der Waals surface area contributed by atoms with Gasteiger partial charge in [-0.3, -0.25) is 0 Å². The third-order valence-electron chi connectivity index (χ3n) is 6.96. The molecular formula is C33H19F2N3S. The molecule has 3 nitrogen and oxygen atoms in total. The van der Waals surface area contributed by atoms with Gasteiger partial charge in [0.2, 0.25) is 0 Å². The summed E-state index contributed by atoms with van der Waals surface area (Å²) < 4.78 is 33.1. The van der Waals surface area contributed by atoms with E-state index in [0.29, 0.717) is 33.5 Å². The second-order valence-electron chi connectivity index (χ2n) is 9.15. The van der Waals surface area contributed by atoms with Crippen LogP contribution in [0.5, 0.6) is 0 Å². The van der Waals surface area contributed by atoms with Gasteiger partial charge in [-0.05, 0) is 52.2 Å². The first-order valence-corrected chi connectivity index (χ1v) is 13.2. The van der Waals surface area contributed by atoms with Gasteiger partial charge >= 0.3 is 0 Å². The van der Waals surface area contributed by atoms with Gasteiger partial charge in [0.05, 0.1) is 11.9 Å². The van der Waals surface area contributed by atoms with E-state index in [0.717, 1.165) is 26.6 Å². The van der Waals surface area contributed by atoms with Crippen molar-refractivity contribution in [1.29, 1.82) is 0 Å². The fourth-order valence-corrected chi connectivity index (χ4v) is 6.45. The molecule has 0 aliphatic rings. The van der Waals surface area contributed by atoms with Crippen molar-refractivity contribution < 1.29 is 8.78 Å². The van der Waals surface area contributed by atoms with Gasteiger partial charge in [-0.15, -0.1) is 21.5 Å². The lowest BCUT2D eigenvalue weighted by Gasteiger charge is -2.20. The first-order chi connectivity index (χ1) is 19.2. The van der Waals surface area contributed by atoms with Crippen LogP contribution >= 0.6 is 11.3 Å². The average molecular weight is 528 g/mol. The summed E-state index contributed by atoms with van der Waals surface area (Å²) in [5.41, 5.74) is 4.87. The third kappa shape index (κ3) is 3.88. The Morgan fingerprint density at radius 2 is 1.15 bits per heavy atom. The van der Waals surface area contributed by atoms with Crippen LogP contribution in [0.2, 0.25) is 0 Å². The van der Waals surface area contributed by atoms with Crippen molar-refractivity contribution in [1.82, 2.24) is 15.4 Å². The van der Waals surface area contributed by atoms with E-state index in [1.807, 2.05) is 30.3 Å². The molecule has 186 valence electrons. The normalized spacial score (nSPS) is 11.3. The summed E-state index contributed by atoms with van der Waals surface area (Å²) in [6.45, 7) is 0. The van der Waals surface area contributed by atoms with Crippen molar-refractivity contribution in [3.8, 4) is 44.6 Å². The molecule has 0 atom stereocenters. The molecule has 0 spiro atoms. The van der Waals surface area contributed by atoms with Crippen molar-refractivity contribution in [2.75, 3.05) is 0 Å². The highest BCUT2D eigenvalue weighted by Gasteiger charge is 2.24. The highest BCUT2D eigenvalue weighted by molar-refractivity contribution is 7.25. The van der Waals surface area contributed by atoms with Gasteiger partial charge < -0.3 is 0 Å². The van der Waals surface area contributed by atoms with E-state index in [9.17, 15) is 0 Å². The highest BCUT2D eigenvalue weighted by Crippen LogP contribution is 2.48. The molecule has 7 rings (SSSR count). The number of rotatable bonds is 4. The SMILES string of the molecule is Fc1ccccc1-c1ccc(-c2cccc3sc4ccccc4c23)c(-c2ccnnn2)c1-c1ccccc1F. The molecule has 0 saturated heterocycles. The maximum absolute atomic E-state index is 15.6. The molecule has 0 aliphatic carbocycles. The minimum absolute atomic E-state index is 0.355. The Morgan fingerprint density at radius 3 is 1.90 bits per heavy atom. The molecule has 0 unspecified atom stereocenters. The van der Waals surface area contributed by atoms with Crippen LogP contribution in [-0.2, 0) is 0 Å². The maximum Gasteiger partial charge on any atom is 0.131 e. The van der Waals surface area contributed by atoms with E-state index in [-0.39, 0.29) is 5.82 Å². The Labute approximate surface area is 227 Å². The molecule has 0 amide bonds. The summed E-state index contributed by atoms with van der Waals surface area (Å²) in [4.78, 5) is 0. The Hall–Kier alpha value is -4.81. The molecule has 2 heterocycles. The van der Waals surface area contributed by atoms with Crippen molar-refractivity contribution in [3.63, 3.8) is 0 Å². The van der Waals surface area contributed by atoms with Crippen LogP contribution in [0.1, 0.15) is 0 Å². The third-order valence-corrected chi connectivity index (χ3v) is 8.10. The first kappa shape index (κ1) is 23.3. The lowest BCUT2D eigenvalue weighted by molar-refractivity contribution is 0.629. The number of benzene rings is 5. The predicted octanol–water partition coefficient (Wildman–Crippen LogP) is 9.19. The minimum Gasteiger partial charge on any atom is -0.206 e. The molecule has 0 fully saturated rings. The summed E-state index contributed by atoms with van der Waals surface area (Å²) in [5, 5.41) is 14.4. The Balaban J connectivity index is 1.67. The van der Waals surface area contributed by atoms with Gasteiger partial charge in [0.25, 0.3) is 0 Å². The van der Waals surface area contributed by atoms with Gasteiger partial charge in [0, 0.05) is 42.4 Å². The second kappa shape index (κ2) is 9.49. The number of hydrogen-bond donors (Lipinski definition) is 0. The summed E-state index contributed by atoms with van der Waals surface area (Å²) in [5.74, 6) is -0.796. The molecule has 0 bridgehead atoms. The van der Waals surface area contributed by atoms with Crippen LogP contribution in [-0.4, -0.2) is 15.4 Å². The van der Waals surface area contributed by atoms with Crippen molar-refractivity contribution in [3.05, 3.63) is 127 Å². The number of halogens is 2. The number of aromatic nitrogens is 3. The lowest BCUT2D eigenvalue weighted by Crippen LogP contribution is -1.99. The molecule has 2 aromatic heterocycles. The average Bonchev–Trinajstić information content (AvgIpc) is 3.37. The topological polar surface area (TPSA) is 38.7 Å². The minimum atomic E-state index is -0.408. The molecule has 0 saturated carbocycles. The van der Waals surface area contributed by atoms with Gasteiger partial charge in [-0.25, -0.2) is 8.78 Å². The standard InChI is InChI=1S/C33H19F2N3S/c34-26-12-4-1-8-20(26)22-16-17-23(21-11-7-15-30-31(21)25-10-3-6-14-29(25)39-30)33(28-18-19-36-38-37-28)32(22)24-9-2-5-13-27(24)35/h1-19H. The molecule has 5 aromatic carbocycles. The van der Waals surface area contributed by atoms with Crippen molar-refractivity contribution in [2.45, 2.75) is 0 Å². The fourth-order valence-electron chi connectivity index (χ4n) is 5.31. The molecular weight excluding hydrogens is 508 g/mol. The maximum atomic E-state index is 15.6. The largest absolute Gasteiger partial charge is 0.206 e. The number of nitrogens with zero attached hydrogens (tertiary/aromatic N) is 3. The van der Waals surface area contributed by atoms with Crippen LogP contribution in [0.15, 0.2) is 115 Å². The molecule has 6 heteroatoms. The quantitative estimate of drug-likeness (QED) is 0.229. The van der Waals surface area contributed by atoms with E-state index in [1.165, 1.54) is 16.8 Å². The van der Waals surface area contributed by atoms with Gasteiger partial charge in [-0.1, -0.05) is 78.9 Å². The highest BCUT2D eigenvalue weighted by atomic mass is 32.1. The van der Waals surface area contributed by atoms with E-state index in [4.69, 9.17) is 0 Å². The van der Waals surface area contributed by atoms with Crippen LogP contribution in [0.3, 0.4) is 0 Å². The summed E-state index contributed by atoms with van der Waals surface area (Å²) in [6.07, 6.45) is 1.56. The van der Waals surface area contributed by atoms with Crippen LogP contribution in [0, 0.1) is 11.6 Å². The monoisotopic (exact) mass is 527 g/mol. The zero-order valence-electron chi connectivity index (χ0n) is 20.5. The smallest absolute Gasteiger partial charge is 0.131 e. The fraction of sp³-hybridized carbons (Fsp3) is 0. The number of fused-ring (bicyclic) bond motifs is 3. The number of thiophene rings is 1. The molecule has 0 radical (unpaired) electrons. The van der Waals surface area contributed by atoms with Crippen LogP contribution < -0.4 is 0 Å². The van der Waals surface area contributed by atoms with Gasteiger partial charge in [0.15, 0.2) is 0 Å². The summed E-state index contributed by atoms with van der Waals surface area (Å²) in [7, 11) is 0. The van der Waals surface area contributed by atoms with Gasteiger partial charge in [0.1, 0.15) is 11.6 Å². The van der Waals surface area contributed by atoms with Crippen LogP contribution in [0.25, 0.3) is 64.8 Å². The summed E-state index contributed by atoms with van der Waals surface area (Å²) in [6, 6.07) is 33.3. The van der Waals surface area contributed by atoms with Crippen molar-refractivity contribution in [2.24, 2.45) is 0 Å². The Kier molecular flexibility index (Phi) is 5.68. The predicted molar refractivity (Wildman–Crippen MR) is 154 cm³/mol. The zero-order chi connectivity index (χ0) is 26.3. The Morgan fingerprint density at radius 1 is 0.513 bits per heavy atom. The number of hydrogen-bond acceptors (Lipinski definition) is 4. The second-order valence-corrected chi connectivity index (χ2v) is 10.2. The molecule has 0 N–H and O–H groups in total. The zero-order valence-corrected chi connectivity index (χ0v) is 21.3. The first-order valence-electron chi connectivity index (χ1n) is 12.4. The van der Waals surface area contributed by atoms with Crippen LogP contribution in [0.4, 0.5) is 8.78 Å². The molecule has 7 aromatic rings. The molecule has 39 heavy (non-hydrogen) atoms. The van der Waals surface area contributed by atoms with E-state index in [1.54, 1.807) is 60.0 Å². The Bertz CT molecular complexity index is 2000.